The van der Waals surface area contributed by atoms with Crippen LogP contribution >= 0.6 is 0 Å². The monoisotopic (exact) mass is 403 g/mol. The SMILES string of the molecule is Cc1cc(C)n2nc(C(=O)N(C)[C@H]3CCCN(C4Cc5ccccc5C4)C3)cc2n1. The second kappa shape index (κ2) is 7.51. The average Bonchev–Trinajstić information content (AvgIpc) is 3.37. The highest BCUT2D eigenvalue weighted by Gasteiger charge is 2.33. The van der Waals surface area contributed by atoms with Crippen LogP contribution in [-0.4, -0.2) is 62.5 Å². The predicted octanol–water partition coefficient (Wildman–Crippen LogP) is 3.05. The lowest BCUT2D eigenvalue weighted by molar-refractivity contribution is 0.0550. The van der Waals surface area contributed by atoms with Crippen molar-refractivity contribution in [2.24, 2.45) is 0 Å². The van der Waals surface area contributed by atoms with Gasteiger partial charge in [0.05, 0.1) is 0 Å². The molecule has 1 amide bonds. The number of rotatable bonds is 3. The summed E-state index contributed by atoms with van der Waals surface area (Å²) in [5.41, 5.74) is 6.10. The van der Waals surface area contributed by atoms with Gasteiger partial charge in [-0.25, -0.2) is 9.50 Å². The first-order valence-corrected chi connectivity index (χ1v) is 10.9. The van der Waals surface area contributed by atoms with Gasteiger partial charge in [-0.3, -0.25) is 9.69 Å². The summed E-state index contributed by atoms with van der Waals surface area (Å²) in [7, 11) is 1.93. The Morgan fingerprint density at radius 1 is 1.13 bits per heavy atom. The Balaban J connectivity index is 1.30. The van der Waals surface area contributed by atoms with Crippen LogP contribution in [0.3, 0.4) is 0 Å². The van der Waals surface area contributed by atoms with Crippen molar-refractivity contribution in [3.63, 3.8) is 0 Å². The minimum Gasteiger partial charge on any atom is -0.336 e. The van der Waals surface area contributed by atoms with Crippen LogP contribution in [-0.2, 0) is 12.8 Å². The molecule has 1 aliphatic heterocycles. The van der Waals surface area contributed by atoms with Gasteiger partial charge in [0.25, 0.3) is 5.91 Å². The quantitative estimate of drug-likeness (QED) is 0.675. The number of aryl methyl sites for hydroxylation is 2. The molecule has 2 aliphatic rings. The Bertz CT molecular complexity index is 1080. The van der Waals surface area contributed by atoms with E-state index in [0.29, 0.717) is 11.7 Å². The Morgan fingerprint density at radius 3 is 2.60 bits per heavy atom. The Labute approximate surface area is 177 Å². The molecule has 30 heavy (non-hydrogen) atoms. The maximum absolute atomic E-state index is 13.2. The van der Waals surface area contributed by atoms with Crippen molar-refractivity contribution >= 4 is 11.6 Å². The molecule has 2 aromatic heterocycles. The summed E-state index contributed by atoms with van der Waals surface area (Å²) in [6, 6.07) is 13.4. The van der Waals surface area contributed by atoms with Gasteiger partial charge in [-0.1, -0.05) is 24.3 Å². The fourth-order valence-electron chi connectivity index (χ4n) is 5.16. The lowest BCUT2D eigenvalue weighted by Gasteiger charge is -2.40. The third-order valence-corrected chi connectivity index (χ3v) is 6.79. The normalized spacial score (nSPS) is 19.9. The summed E-state index contributed by atoms with van der Waals surface area (Å²) in [5.74, 6) is -0.0147. The van der Waals surface area contributed by atoms with Crippen molar-refractivity contribution in [3.8, 4) is 0 Å². The highest BCUT2D eigenvalue weighted by molar-refractivity contribution is 5.93. The van der Waals surface area contributed by atoms with E-state index >= 15 is 0 Å². The van der Waals surface area contributed by atoms with Crippen LogP contribution in [0.5, 0.6) is 0 Å². The number of piperidine rings is 1. The number of amides is 1. The minimum atomic E-state index is -0.0147. The topological polar surface area (TPSA) is 53.7 Å². The molecule has 5 rings (SSSR count). The van der Waals surface area contributed by atoms with E-state index in [-0.39, 0.29) is 11.9 Å². The molecule has 0 saturated carbocycles. The van der Waals surface area contributed by atoms with Crippen LogP contribution in [0.2, 0.25) is 0 Å². The van der Waals surface area contributed by atoms with Crippen LogP contribution in [0, 0.1) is 13.8 Å². The van der Waals surface area contributed by atoms with Gasteiger partial charge in [0.15, 0.2) is 11.3 Å². The van der Waals surface area contributed by atoms with Gasteiger partial charge < -0.3 is 4.90 Å². The largest absolute Gasteiger partial charge is 0.336 e. The van der Waals surface area contributed by atoms with E-state index in [4.69, 9.17) is 0 Å². The number of carbonyl (C=O) groups excluding carboxylic acids is 1. The van der Waals surface area contributed by atoms with Gasteiger partial charge >= 0.3 is 0 Å². The zero-order chi connectivity index (χ0) is 20.8. The summed E-state index contributed by atoms with van der Waals surface area (Å²) in [5, 5.41) is 4.54. The number of carbonyl (C=O) groups is 1. The second-order valence-electron chi connectivity index (χ2n) is 8.88. The zero-order valence-corrected chi connectivity index (χ0v) is 18.0. The molecule has 1 fully saturated rings. The lowest BCUT2D eigenvalue weighted by Crippen LogP contribution is -2.51. The molecule has 0 unspecified atom stereocenters. The van der Waals surface area contributed by atoms with Crippen LogP contribution in [0.25, 0.3) is 5.65 Å². The molecule has 3 aromatic rings. The Morgan fingerprint density at radius 2 is 1.87 bits per heavy atom. The van der Waals surface area contributed by atoms with E-state index in [2.05, 4.69) is 39.2 Å². The van der Waals surface area contributed by atoms with Gasteiger partial charge in [-0.15, -0.1) is 0 Å². The molecule has 0 N–H and O–H groups in total. The van der Waals surface area contributed by atoms with E-state index in [1.165, 1.54) is 11.1 Å². The Kier molecular flexibility index (Phi) is 4.82. The highest BCUT2D eigenvalue weighted by Crippen LogP contribution is 2.28. The standard InChI is InChI=1S/C24H29N5O/c1-16-11-17(2)29-23(25-16)14-22(26-29)24(30)27(3)20-9-6-10-28(15-20)21-12-18-7-4-5-8-19(18)13-21/h4-5,7-8,11,14,20-21H,6,9-10,12-13,15H2,1-3H3/t20-/m0/s1. The number of hydrogen-bond acceptors (Lipinski definition) is 4. The number of hydrogen-bond donors (Lipinski definition) is 0. The van der Waals surface area contributed by atoms with Crippen LogP contribution in [0.4, 0.5) is 0 Å². The van der Waals surface area contributed by atoms with Crippen molar-refractivity contribution in [2.45, 2.75) is 51.6 Å². The molecular formula is C24H29N5O. The highest BCUT2D eigenvalue weighted by atomic mass is 16.2. The molecule has 1 atom stereocenters. The summed E-state index contributed by atoms with van der Waals surface area (Å²) in [6.07, 6.45) is 4.41. The number of benzene rings is 1. The number of aromatic nitrogens is 3. The summed E-state index contributed by atoms with van der Waals surface area (Å²) in [6.45, 7) is 6.01. The Hall–Kier alpha value is -2.73. The van der Waals surface area contributed by atoms with Crippen LogP contribution < -0.4 is 0 Å². The number of likely N-dealkylation sites (N-methyl/N-ethyl adjacent to an activating group) is 1. The number of likely N-dealkylation sites (tertiary alicyclic amines) is 1. The molecule has 1 saturated heterocycles. The molecule has 156 valence electrons. The fourth-order valence-corrected chi connectivity index (χ4v) is 5.16. The van der Waals surface area contributed by atoms with Gasteiger partial charge in [0.2, 0.25) is 0 Å². The van der Waals surface area contributed by atoms with E-state index in [1.807, 2.05) is 37.9 Å². The van der Waals surface area contributed by atoms with Crippen LogP contribution in [0.15, 0.2) is 36.4 Å². The van der Waals surface area contributed by atoms with Crippen LogP contribution in [0.1, 0.15) is 45.8 Å². The third-order valence-electron chi connectivity index (χ3n) is 6.79. The number of nitrogens with zero attached hydrogens (tertiary/aromatic N) is 5. The maximum atomic E-state index is 13.2. The van der Waals surface area contributed by atoms with Crippen molar-refractivity contribution in [1.82, 2.24) is 24.4 Å². The molecule has 6 heteroatoms. The fraction of sp³-hybridized carbons (Fsp3) is 0.458. The van der Waals surface area contributed by atoms with Crippen molar-refractivity contribution in [1.29, 1.82) is 0 Å². The molecule has 3 heterocycles. The van der Waals surface area contributed by atoms with E-state index < -0.39 is 0 Å². The van der Waals surface area contributed by atoms with E-state index in [1.54, 1.807) is 4.52 Å². The molecule has 0 spiro atoms. The first-order chi connectivity index (χ1) is 14.5. The first-order valence-electron chi connectivity index (χ1n) is 10.9. The first kappa shape index (κ1) is 19.2. The summed E-state index contributed by atoms with van der Waals surface area (Å²) < 4.78 is 1.76. The molecule has 1 aliphatic carbocycles. The lowest BCUT2D eigenvalue weighted by atomic mass is 10.0. The molecular weight excluding hydrogens is 374 g/mol. The van der Waals surface area contributed by atoms with Gasteiger partial charge in [0, 0.05) is 43.1 Å². The zero-order valence-electron chi connectivity index (χ0n) is 18.0. The summed E-state index contributed by atoms with van der Waals surface area (Å²) in [4.78, 5) is 22.2. The third kappa shape index (κ3) is 3.39. The summed E-state index contributed by atoms with van der Waals surface area (Å²) >= 11 is 0. The molecule has 0 bridgehead atoms. The van der Waals surface area contributed by atoms with Gasteiger partial charge in [-0.2, -0.15) is 5.10 Å². The second-order valence-corrected chi connectivity index (χ2v) is 8.88. The average molecular weight is 404 g/mol. The molecule has 0 radical (unpaired) electrons. The van der Waals surface area contributed by atoms with Gasteiger partial charge in [0.1, 0.15) is 0 Å². The molecule has 6 nitrogen and oxygen atoms in total. The van der Waals surface area contributed by atoms with Crippen molar-refractivity contribution < 1.29 is 4.79 Å². The number of fused-ring (bicyclic) bond motifs is 2. The van der Waals surface area contributed by atoms with E-state index in [0.717, 1.165) is 55.8 Å². The van der Waals surface area contributed by atoms with Crippen molar-refractivity contribution in [3.05, 3.63) is 64.6 Å². The predicted molar refractivity (Wildman–Crippen MR) is 117 cm³/mol. The maximum Gasteiger partial charge on any atom is 0.274 e. The van der Waals surface area contributed by atoms with E-state index in [9.17, 15) is 4.79 Å². The van der Waals surface area contributed by atoms with Gasteiger partial charge in [-0.05, 0) is 63.3 Å². The minimum absolute atomic E-state index is 0.0147. The smallest absolute Gasteiger partial charge is 0.274 e. The van der Waals surface area contributed by atoms with Crippen molar-refractivity contribution in [2.75, 3.05) is 20.1 Å². The molecule has 1 aromatic carbocycles.